The van der Waals surface area contributed by atoms with E-state index in [4.69, 9.17) is 4.74 Å². The summed E-state index contributed by atoms with van der Waals surface area (Å²) in [7, 11) is 0. The minimum absolute atomic E-state index is 0.0108. The molecule has 1 saturated carbocycles. The molecule has 32 heavy (non-hydrogen) atoms. The number of carbonyl (C=O) groups excluding carboxylic acids is 3. The highest BCUT2D eigenvalue weighted by Crippen LogP contribution is 2.32. The molecule has 0 radical (unpaired) electrons. The number of imide groups is 1. The van der Waals surface area contributed by atoms with Crippen LogP contribution >= 0.6 is 0 Å². The molecular weight excluding hydrogens is 413 g/mol. The molecule has 2 heterocycles. The lowest BCUT2D eigenvalue weighted by Crippen LogP contribution is -2.52. The third kappa shape index (κ3) is 4.85. The van der Waals surface area contributed by atoms with Crippen LogP contribution in [0.25, 0.3) is 0 Å². The van der Waals surface area contributed by atoms with Crippen molar-refractivity contribution in [3.63, 3.8) is 0 Å². The highest BCUT2D eigenvalue weighted by atomic mass is 19.1. The Morgan fingerprint density at radius 1 is 1.22 bits per heavy atom. The maximum Gasteiger partial charge on any atom is 0.255 e. The lowest BCUT2D eigenvalue weighted by Gasteiger charge is -2.33. The number of alkyl halides is 1. The molecule has 2 fully saturated rings. The van der Waals surface area contributed by atoms with Crippen LogP contribution in [0.1, 0.15) is 60.9 Å². The smallest absolute Gasteiger partial charge is 0.255 e. The Kier molecular flexibility index (Phi) is 6.89. The number of carbonyl (C=O) groups is 3. The molecular formula is C24H30FN3O4. The van der Waals surface area contributed by atoms with Gasteiger partial charge in [-0.3, -0.25) is 24.1 Å². The van der Waals surface area contributed by atoms with Crippen LogP contribution in [0.15, 0.2) is 30.4 Å². The number of nitrogens with one attached hydrogen (secondary N) is 2. The SMILES string of the molecule is C=C(CCF)CN[C@H]1CCCC[C@@H]1Oc1ccc2c(c1)CN(C1CCC(=O)NC1=O)C2=O. The number of rotatable bonds is 8. The number of fused-ring (bicyclic) bond motifs is 1. The van der Waals surface area contributed by atoms with Crippen LogP contribution in [0.2, 0.25) is 0 Å². The van der Waals surface area contributed by atoms with Crippen molar-refractivity contribution < 1.29 is 23.5 Å². The zero-order valence-electron chi connectivity index (χ0n) is 18.2. The first kappa shape index (κ1) is 22.5. The van der Waals surface area contributed by atoms with E-state index < -0.39 is 18.6 Å². The first-order chi connectivity index (χ1) is 15.5. The Balaban J connectivity index is 1.41. The Morgan fingerprint density at radius 3 is 2.81 bits per heavy atom. The van der Waals surface area contributed by atoms with Crippen molar-refractivity contribution in [2.75, 3.05) is 13.2 Å². The van der Waals surface area contributed by atoms with Gasteiger partial charge in [0.05, 0.1) is 6.67 Å². The molecule has 0 aromatic heterocycles. The van der Waals surface area contributed by atoms with Crippen molar-refractivity contribution >= 4 is 17.7 Å². The van der Waals surface area contributed by atoms with Gasteiger partial charge in [-0.2, -0.15) is 0 Å². The molecule has 3 amide bonds. The number of amides is 3. The lowest BCUT2D eigenvalue weighted by atomic mass is 9.92. The summed E-state index contributed by atoms with van der Waals surface area (Å²) >= 11 is 0. The van der Waals surface area contributed by atoms with Gasteiger partial charge in [-0.05, 0) is 55.9 Å². The van der Waals surface area contributed by atoms with E-state index in [1.54, 1.807) is 12.1 Å². The van der Waals surface area contributed by atoms with Crippen molar-refractivity contribution in [2.24, 2.45) is 0 Å². The molecule has 2 N–H and O–H groups in total. The zero-order chi connectivity index (χ0) is 22.7. The Hall–Kier alpha value is -2.74. The molecule has 8 heteroatoms. The zero-order valence-corrected chi connectivity index (χ0v) is 18.2. The molecule has 0 spiro atoms. The number of halogens is 1. The van der Waals surface area contributed by atoms with Gasteiger partial charge in [0.25, 0.3) is 5.91 Å². The van der Waals surface area contributed by atoms with Crippen LogP contribution in [0, 0.1) is 0 Å². The van der Waals surface area contributed by atoms with E-state index >= 15 is 0 Å². The summed E-state index contributed by atoms with van der Waals surface area (Å²) in [5, 5.41) is 5.79. The van der Waals surface area contributed by atoms with Crippen molar-refractivity contribution in [1.29, 1.82) is 0 Å². The summed E-state index contributed by atoms with van der Waals surface area (Å²) in [4.78, 5) is 38.0. The second kappa shape index (κ2) is 9.81. The number of ether oxygens (including phenoxy) is 1. The molecule has 4 rings (SSSR count). The van der Waals surface area contributed by atoms with E-state index in [-0.39, 0.29) is 30.4 Å². The first-order valence-electron chi connectivity index (χ1n) is 11.4. The second-order valence-corrected chi connectivity index (χ2v) is 8.84. The predicted octanol–water partition coefficient (Wildman–Crippen LogP) is 2.64. The van der Waals surface area contributed by atoms with Gasteiger partial charge in [0.2, 0.25) is 11.8 Å². The van der Waals surface area contributed by atoms with Gasteiger partial charge in [-0.15, -0.1) is 0 Å². The first-order valence-corrected chi connectivity index (χ1v) is 11.4. The molecule has 3 atom stereocenters. The molecule has 172 valence electrons. The molecule has 0 bridgehead atoms. The van der Waals surface area contributed by atoms with Crippen molar-refractivity contribution in [2.45, 2.75) is 69.7 Å². The average Bonchev–Trinajstić information content (AvgIpc) is 3.09. The van der Waals surface area contributed by atoms with Gasteiger partial charge in [0.15, 0.2) is 0 Å². The molecule has 7 nitrogen and oxygen atoms in total. The predicted molar refractivity (Wildman–Crippen MR) is 117 cm³/mol. The Labute approximate surface area is 187 Å². The normalized spacial score (nSPS) is 25.5. The fraction of sp³-hybridized carbons (Fsp3) is 0.542. The minimum Gasteiger partial charge on any atom is -0.489 e. The van der Waals surface area contributed by atoms with E-state index in [1.807, 2.05) is 6.07 Å². The van der Waals surface area contributed by atoms with Gasteiger partial charge in [0.1, 0.15) is 17.9 Å². The van der Waals surface area contributed by atoms with Crippen molar-refractivity contribution in [3.05, 3.63) is 41.5 Å². The van der Waals surface area contributed by atoms with Crippen molar-refractivity contribution in [3.8, 4) is 5.75 Å². The fourth-order valence-corrected chi connectivity index (χ4v) is 4.77. The van der Waals surface area contributed by atoms with Crippen LogP contribution in [0.4, 0.5) is 4.39 Å². The summed E-state index contributed by atoms with van der Waals surface area (Å²) in [6.07, 6.45) is 5.05. The number of benzene rings is 1. The second-order valence-electron chi connectivity index (χ2n) is 8.84. The van der Waals surface area contributed by atoms with E-state index in [9.17, 15) is 18.8 Å². The molecule has 1 aromatic carbocycles. The third-order valence-electron chi connectivity index (χ3n) is 6.55. The van der Waals surface area contributed by atoms with Crippen LogP contribution in [-0.2, 0) is 16.1 Å². The standard InChI is InChI=1S/C24H30FN3O4/c1-15(10-11-25)13-26-19-4-2-3-5-21(19)32-17-6-7-18-16(12-17)14-28(24(18)31)20-8-9-22(29)27-23(20)30/h6-7,12,19-21,26H,1-5,8-11,13-14H2,(H,27,29,30)/t19-,20?,21-/m0/s1. The maximum atomic E-state index is 12.9. The van der Waals surface area contributed by atoms with Crippen LogP contribution in [-0.4, -0.2) is 54.0 Å². The number of nitrogens with zero attached hydrogens (tertiary/aromatic N) is 1. The Morgan fingerprint density at radius 2 is 2.03 bits per heavy atom. The van der Waals surface area contributed by atoms with Gasteiger partial charge < -0.3 is 15.0 Å². The van der Waals surface area contributed by atoms with Gasteiger partial charge in [-0.1, -0.05) is 18.6 Å². The van der Waals surface area contributed by atoms with E-state index in [1.165, 1.54) is 4.90 Å². The summed E-state index contributed by atoms with van der Waals surface area (Å²) in [5.41, 5.74) is 2.25. The fourth-order valence-electron chi connectivity index (χ4n) is 4.77. The monoisotopic (exact) mass is 443 g/mol. The van der Waals surface area contributed by atoms with Crippen LogP contribution in [0.5, 0.6) is 5.75 Å². The van der Waals surface area contributed by atoms with E-state index in [0.717, 1.165) is 36.8 Å². The summed E-state index contributed by atoms with van der Waals surface area (Å²) < 4.78 is 18.8. The highest BCUT2D eigenvalue weighted by Gasteiger charge is 2.39. The van der Waals surface area contributed by atoms with Gasteiger partial charge in [-0.25, -0.2) is 0 Å². The van der Waals surface area contributed by atoms with E-state index in [2.05, 4.69) is 17.2 Å². The minimum atomic E-state index is -0.624. The molecule has 2 aliphatic heterocycles. The van der Waals surface area contributed by atoms with Crippen LogP contribution < -0.4 is 15.4 Å². The maximum absolute atomic E-state index is 12.9. The molecule has 3 aliphatic rings. The molecule has 1 aliphatic carbocycles. The average molecular weight is 444 g/mol. The Bertz CT molecular complexity index is 919. The molecule has 1 saturated heterocycles. The summed E-state index contributed by atoms with van der Waals surface area (Å²) in [5.74, 6) is -0.202. The number of hydrogen-bond donors (Lipinski definition) is 2. The third-order valence-corrected chi connectivity index (χ3v) is 6.55. The van der Waals surface area contributed by atoms with Gasteiger partial charge >= 0.3 is 0 Å². The highest BCUT2D eigenvalue weighted by molar-refractivity contribution is 6.05. The lowest BCUT2D eigenvalue weighted by molar-refractivity contribution is -0.136. The summed E-state index contributed by atoms with van der Waals surface area (Å²) in [6, 6.07) is 4.98. The molecule has 1 aromatic rings. The number of hydrogen-bond acceptors (Lipinski definition) is 5. The number of piperidine rings is 1. The quantitative estimate of drug-likeness (QED) is 0.476. The van der Waals surface area contributed by atoms with Crippen LogP contribution in [0.3, 0.4) is 0 Å². The molecule has 1 unspecified atom stereocenters. The summed E-state index contributed by atoms with van der Waals surface area (Å²) in [6.45, 7) is 4.42. The van der Waals surface area contributed by atoms with Crippen molar-refractivity contribution in [1.82, 2.24) is 15.5 Å². The largest absolute Gasteiger partial charge is 0.489 e. The van der Waals surface area contributed by atoms with Gasteiger partial charge in [0, 0.05) is 31.1 Å². The topological polar surface area (TPSA) is 87.7 Å². The van der Waals surface area contributed by atoms with E-state index in [0.29, 0.717) is 37.2 Å².